The molecule has 2 aromatic carbocycles. The number of benzene rings is 2. The van der Waals surface area contributed by atoms with Gasteiger partial charge in [0.05, 0.1) is 13.7 Å². The van der Waals surface area contributed by atoms with Crippen LogP contribution in [0.25, 0.3) is 0 Å². The molecule has 214 valence electrons. The van der Waals surface area contributed by atoms with E-state index in [2.05, 4.69) is 4.57 Å². The molecule has 1 heterocycles. The number of hydrogen-bond donors (Lipinski definition) is 0. The molecule has 1 aliphatic rings. The number of carbonyl (C=O) groups is 2. The van der Waals surface area contributed by atoms with Gasteiger partial charge in [-0.1, -0.05) is 37.5 Å². The molecular weight excluding hydrogens is 509 g/mol. The van der Waals surface area contributed by atoms with Gasteiger partial charge in [0, 0.05) is 50.3 Å². The minimum Gasteiger partial charge on any atom is -0.497 e. The number of hydrogen-bond acceptors (Lipinski definition) is 4. The van der Waals surface area contributed by atoms with E-state index in [1.807, 2.05) is 23.2 Å². The highest BCUT2D eigenvalue weighted by molar-refractivity contribution is 5.96. The van der Waals surface area contributed by atoms with Crippen molar-refractivity contribution in [1.29, 1.82) is 0 Å². The normalized spacial score (nSPS) is 13.7. The number of carbonyl (C=O) groups excluding carboxylic acids is 2. The molecule has 7 nitrogen and oxygen atoms in total. The van der Waals surface area contributed by atoms with E-state index in [0.29, 0.717) is 44.0 Å². The maximum Gasteiger partial charge on any atom is 0.254 e. The highest BCUT2D eigenvalue weighted by Gasteiger charge is 2.29. The molecule has 2 amide bonds. The largest absolute Gasteiger partial charge is 0.497 e. The second-order valence-electron chi connectivity index (χ2n) is 10.4. The second-order valence-corrected chi connectivity index (χ2v) is 10.4. The van der Waals surface area contributed by atoms with Gasteiger partial charge in [-0.15, -0.1) is 0 Å². The third-order valence-corrected chi connectivity index (χ3v) is 7.56. The number of aromatic nitrogens is 1. The van der Waals surface area contributed by atoms with Crippen molar-refractivity contribution in [3.63, 3.8) is 0 Å². The van der Waals surface area contributed by atoms with Gasteiger partial charge in [0.2, 0.25) is 5.91 Å². The van der Waals surface area contributed by atoms with Gasteiger partial charge in [0.25, 0.3) is 5.91 Å². The van der Waals surface area contributed by atoms with Crippen LogP contribution in [0.4, 0.5) is 4.39 Å². The molecule has 3 aromatic rings. The van der Waals surface area contributed by atoms with E-state index in [1.165, 1.54) is 18.6 Å². The summed E-state index contributed by atoms with van der Waals surface area (Å²) in [4.78, 5) is 31.2. The van der Waals surface area contributed by atoms with Crippen LogP contribution in [0, 0.1) is 5.82 Å². The smallest absolute Gasteiger partial charge is 0.254 e. The Balaban J connectivity index is 1.55. The SMILES string of the molecule is COCCCN(CC(=O)N(Cc1cccn1Cc1ccc(F)cc1)C1CCCCC1)C(=O)c1cccc(OC)c1. The lowest BCUT2D eigenvalue weighted by atomic mass is 9.94. The van der Waals surface area contributed by atoms with Crippen molar-refractivity contribution in [2.75, 3.05) is 33.9 Å². The Kier molecular flexibility index (Phi) is 10.7. The molecule has 8 heteroatoms. The number of amides is 2. The van der Waals surface area contributed by atoms with Crippen molar-refractivity contribution in [1.82, 2.24) is 14.4 Å². The topological polar surface area (TPSA) is 64.0 Å². The van der Waals surface area contributed by atoms with Gasteiger partial charge in [-0.25, -0.2) is 4.39 Å². The number of halogens is 1. The zero-order chi connectivity index (χ0) is 28.3. The van der Waals surface area contributed by atoms with E-state index in [0.717, 1.165) is 36.9 Å². The maximum absolute atomic E-state index is 14.0. The van der Waals surface area contributed by atoms with Crippen molar-refractivity contribution < 1.29 is 23.5 Å². The van der Waals surface area contributed by atoms with Gasteiger partial charge in [-0.2, -0.15) is 0 Å². The Morgan fingerprint density at radius 1 is 1.00 bits per heavy atom. The van der Waals surface area contributed by atoms with Gasteiger partial charge in [0.1, 0.15) is 18.1 Å². The molecular formula is C32H40FN3O4. The number of rotatable bonds is 13. The van der Waals surface area contributed by atoms with Crippen LogP contribution < -0.4 is 4.74 Å². The summed E-state index contributed by atoms with van der Waals surface area (Å²) in [5.74, 6) is 0.0746. The highest BCUT2D eigenvalue weighted by Crippen LogP contribution is 2.25. The first kappa shape index (κ1) is 29.3. The van der Waals surface area contributed by atoms with E-state index in [4.69, 9.17) is 9.47 Å². The summed E-state index contributed by atoms with van der Waals surface area (Å²) in [6.07, 6.45) is 7.89. The lowest BCUT2D eigenvalue weighted by Crippen LogP contribution is -2.48. The Morgan fingerprint density at radius 3 is 2.50 bits per heavy atom. The van der Waals surface area contributed by atoms with Crippen LogP contribution in [0.3, 0.4) is 0 Å². The standard InChI is InChI=1S/C32H40FN3O4/c1-39-20-8-19-35(32(38)26-9-6-13-30(21-26)40-2)24-31(37)36(28-10-4-3-5-11-28)23-29-12-7-18-34(29)22-25-14-16-27(33)17-15-25/h6-7,9,12-18,21,28H,3-5,8,10-11,19-20,22-24H2,1-2H3. The van der Waals surface area contributed by atoms with Crippen LogP contribution in [0.2, 0.25) is 0 Å². The molecule has 0 unspecified atom stereocenters. The lowest BCUT2D eigenvalue weighted by Gasteiger charge is -2.36. The molecule has 1 fully saturated rings. The maximum atomic E-state index is 14.0. The van der Waals surface area contributed by atoms with Crippen LogP contribution in [0.15, 0.2) is 66.9 Å². The molecule has 1 saturated carbocycles. The molecule has 1 aliphatic carbocycles. The quantitative estimate of drug-likeness (QED) is 0.263. The van der Waals surface area contributed by atoms with E-state index in [9.17, 15) is 14.0 Å². The van der Waals surface area contributed by atoms with Gasteiger partial charge < -0.3 is 23.8 Å². The minimum absolute atomic E-state index is 0.00503. The summed E-state index contributed by atoms with van der Waals surface area (Å²) in [5.41, 5.74) is 2.48. The summed E-state index contributed by atoms with van der Waals surface area (Å²) < 4.78 is 26.1. The van der Waals surface area contributed by atoms with E-state index in [-0.39, 0.29) is 30.2 Å². The third-order valence-electron chi connectivity index (χ3n) is 7.56. The number of ether oxygens (including phenoxy) is 2. The van der Waals surface area contributed by atoms with Crippen LogP contribution in [0.5, 0.6) is 5.75 Å². The first-order chi connectivity index (χ1) is 19.5. The van der Waals surface area contributed by atoms with Crippen molar-refractivity contribution in [2.45, 2.75) is 57.7 Å². The van der Waals surface area contributed by atoms with E-state index >= 15 is 0 Å². The lowest BCUT2D eigenvalue weighted by molar-refractivity contribution is -0.135. The molecule has 0 bridgehead atoms. The predicted molar refractivity (Wildman–Crippen MR) is 153 cm³/mol. The van der Waals surface area contributed by atoms with Crippen LogP contribution in [-0.2, 0) is 22.6 Å². The molecule has 1 aromatic heterocycles. The first-order valence-electron chi connectivity index (χ1n) is 14.1. The summed E-state index contributed by atoms with van der Waals surface area (Å²) in [7, 11) is 3.20. The molecule has 40 heavy (non-hydrogen) atoms. The summed E-state index contributed by atoms with van der Waals surface area (Å²) in [5, 5.41) is 0. The second kappa shape index (κ2) is 14.7. The van der Waals surface area contributed by atoms with Crippen LogP contribution in [-0.4, -0.2) is 66.1 Å². The fraction of sp³-hybridized carbons (Fsp3) is 0.438. The summed E-state index contributed by atoms with van der Waals surface area (Å²) in [6.45, 7) is 1.95. The fourth-order valence-electron chi connectivity index (χ4n) is 5.37. The Labute approximate surface area is 236 Å². The third kappa shape index (κ3) is 7.94. The van der Waals surface area contributed by atoms with Gasteiger partial charge in [-0.3, -0.25) is 9.59 Å². The molecule has 4 rings (SSSR count). The molecule has 0 atom stereocenters. The monoisotopic (exact) mass is 549 g/mol. The van der Waals surface area contributed by atoms with E-state index in [1.54, 1.807) is 55.5 Å². The zero-order valence-electron chi connectivity index (χ0n) is 23.6. The Morgan fingerprint density at radius 2 is 1.77 bits per heavy atom. The van der Waals surface area contributed by atoms with Crippen molar-refractivity contribution in [2.24, 2.45) is 0 Å². The molecule has 0 spiro atoms. The Hall–Kier alpha value is -3.65. The van der Waals surface area contributed by atoms with Crippen molar-refractivity contribution in [3.05, 3.63) is 89.5 Å². The van der Waals surface area contributed by atoms with Gasteiger partial charge >= 0.3 is 0 Å². The van der Waals surface area contributed by atoms with Crippen LogP contribution in [0.1, 0.15) is 60.1 Å². The minimum atomic E-state index is -0.260. The zero-order valence-corrected chi connectivity index (χ0v) is 23.6. The Bertz CT molecular complexity index is 1240. The van der Waals surface area contributed by atoms with Crippen LogP contribution >= 0.6 is 0 Å². The molecule has 0 N–H and O–H groups in total. The van der Waals surface area contributed by atoms with Gasteiger partial charge in [-0.05, 0) is 67.3 Å². The fourth-order valence-corrected chi connectivity index (χ4v) is 5.37. The first-order valence-corrected chi connectivity index (χ1v) is 14.1. The summed E-state index contributed by atoms with van der Waals surface area (Å²) in [6, 6.07) is 17.7. The molecule has 0 aliphatic heterocycles. The van der Waals surface area contributed by atoms with Crippen molar-refractivity contribution in [3.8, 4) is 5.75 Å². The number of methoxy groups -OCH3 is 2. The van der Waals surface area contributed by atoms with E-state index < -0.39 is 0 Å². The average molecular weight is 550 g/mol. The molecule has 0 radical (unpaired) electrons. The number of nitrogens with zero attached hydrogens (tertiary/aromatic N) is 3. The average Bonchev–Trinajstić information content (AvgIpc) is 3.43. The van der Waals surface area contributed by atoms with Gasteiger partial charge in [0.15, 0.2) is 0 Å². The molecule has 0 saturated heterocycles. The highest BCUT2D eigenvalue weighted by atomic mass is 19.1. The summed E-state index contributed by atoms with van der Waals surface area (Å²) >= 11 is 0. The predicted octanol–water partition coefficient (Wildman–Crippen LogP) is 5.52. The van der Waals surface area contributed by atoms with Crippen molar-refractivity contribution >= 4 is 11.8 Å².